The maximum absolute atomic E-state index is 11.7. The molecule has 0 spiro atoms. The van der Waals surface area contributed by atoms with Crippen LogP contribution in [0.1, 0.15) is 11.1 Å². The Balaban J connectivity index is 2.30. The normalized spacial score (nSPS) is 11.7. The average molecular weight is 287 g/mol. The molecule has 1 aromatic rings. The molecule has 0 saturated heterocycles. The highest BCUT2D eigenvalue weighted by Crippen LogP contribution is 2.03. The Bertz CT molecular complexity index is 473. The lowest BCUT2D eigenvalue weighted by Crippen LogP contribution is -2.28. The molecule has 0 radical (unpaired) electrons. The van der Waals surface area contributed by atoms with Gasteiger partial charge in [-0.15, -0.1) is 0 Å². The first kappa shape index (κ1) is 16.1. The predicted molar refractivity (Wildman–Crippen MR) is 74.5 cm³/mol. The smallest absolute Gasteiger partial charge is 0.214 e. The van der Waals surface area contributed by atoms with Crippen molar-refractivity contribution in [2.75, 3.05) is 32.7 Å². The Morgan fingerprint density at radius 2 is 2.00 bits per heavy atom. The lowest BCUT2D eigenvalue weighted by molar-refractivity contribution is 0.0784. The minimum atomic E-state index is -3.30. The third kappa shape index (κ3) is 7.27. The Kier molecular flexibility index (Phi) is 7.01. The van der Waals surface area contributed by atoms with E-state index in [1.807, 2.05) is 31.2 Å². The molecular weight excluding hydrogens is 266 g/mol. The second-order valence-electron chi connectivity index (χ2n) is 4.23. The van der Waals surface area contributed by atoms with Crippen molar-refractivity contribution in [1.82, 2.24) is 4.72 Å². The summed E-state index contributed by atoms with van der Waals surface area (Å²) in [7, 11) is -1.72. The molecule has 0 saturated carbocycles. The minimum Gasteiger partial charge on any atom is -0.382 e. The largest absolute Gasteiger partial charge is 0.382 e. The Hall–Kier alpha value is -0.950. The second-order valence-corrected chi connectivity index (χ2v) is 6.16. The molecule has 6 heteroatoms. The Morgan fingerprint density at radius 3 is 2.68 bits per heavy atom. The van der Waals surface area contributed by atoms with Gasteiger partial charge in [0, 0.05) is 13.7 Å². The quantitative estimate of drug-likeness (QED) is 0.690. The van der Waals surface area contributed by atoms with Crippen molar-refractivity contribution < 1.29 is 17.9 Å². The third-order valence-electron chi connectivity index (χ3n) is 2.51. The van der Waals surface area contributed by atoms with Crippen molar-refractivity contribution in [3.05, 3.63) is 35.4 Å². The summed E-state index contributed by atoms with van der Waals surface area (Å²) in [5.74, 6) is -0.0392. The van der Waals surface area contributed by atoms with E-state index < -0.39 is 10.0 Å². The van der Waals surface area contributed by atoms with Gasteiger partial charge in [-0.1, -0.05) is 29.8 Å². The van der Waals surface area contributed by atoms with Gasteiger partial charge in [0.15, 0.2) is 0 Å². The molecule has 19 heavy (non-hydrogen) atoms. The first-order chi connectivity index (χ1) is 9.03. The zero-order valence-corrected chi connectivity index (χ0v) is 12.2. The van der Waals surface area contributed by atoms with Gasteiger partial charge in [0.1, 0.15) is 0 Å². The van der Waals surface area contributed by atoms with Crippen LogP contribution in [-0.2, 0) is 26.0 Å². The van der Waals surface area contributed by atoms with E-state index >= 15 is 0 Å². The van der Waals surface area contributed by atoms with Crippen LogP contribution in [0.3, 0.4) is 0 Å². The average Bonchev–Trinajstić information content (AvgIpc) is 2.36. The lowest BCUT2D eigenvalue weighted by atomic mass is 10.1. The van der Waals surface area contributed by atoms with E-state index in [0.29, 0.717) is 19.8 Å². The van der Waals surface area contributed by atoms with Gasteiger partial charge in [-0.05, 0) is 12.5 Å². The molecule has 108 valence electrons. The highest BCUT2D eigenvalue weighted by molar-refractivity contribution is 7.89. The van der Waals surface area contributed by atoms with Crippen LogP contribution < -0.4 is 4.72 Å². The number of aryl methyl sites for hydroxylation is 1. The van der Waals surface area contributed by atoms with Gasteiger partial charge in [-0.25, -0.2) is 13.1 Å². The number of hydrogen-bond donors (Lipinski definition) is 1. The Labute approximate surface area is 115 Å². The van der Waals surface area contributed by atoms with E-state index in [0.717, 1.165) is 11.1 Å². The van der Waals surface area contributed by atoms with Gasteiger partial charge in [0.25, 0.3) is 0 Å². The molecule has 0 bridgehead atoms. The number of methoxy groups -OCH3 is 1. The van der Waals surface area contributed by atoms with Gasteiger partial charge < -0.3 is 9.47 Å². The summed E-state index contributed by atoms with van der Waals surface area (Å²) in [6, 6.07) is 7.73. The van der Waals surface area contributed by atoms with E-state index in [4.69, 9.17) is 9.47 Å². The van der Waals surface area contributed by atoms with Gasteiger partial charge >= 0.3 is 0 Å². The molecule has 1 rings (SSSR count). The van der Waals surface area contributed by atoms with Crippen molar-refractivity contribution in [1.29, 1.82) is 0 Å². The van der Waals surface area contributed by atoms with Crippen LogP contribution in [0.5, 0.6) is 0 Å². The molecule has 0 aliphatic carbocycles. The molecule has 0 heterocycles. The topological polar surface area (TPSA) is 64.6 Å². The second kappa shape index (κ2) is 8.27. The molecule has 0 unspecified atom stereocenters. The van der Waals surface area contributed by atoms with Crippen LogP contribution in [0.2, 0.25) is 0 Å². The molecule has 0 aliphatic heterocycles. The number of rotatable bonds is 9. The molecule has 1 aromatic carbocycles. The SMILES string of the molecule is COCCOCCS(=O)(=O)NCc1cccc(C)c1. The predicted octanol–water partition coefficient (Wildman–Crippen LogP) is 1.08. The van der Waals surface area contributed by atoms with Crippen molar-refractivity contribution in [2.45, 2.75) is 13.5 Å². The summed E-state index contributed by atoms with van der Waals surface area (Å²) in [6.45, 7) is 3.33. The zero-order chi connectivity index (χ0) is 14.1. The summed E-state index contributed by atoms with van der Waals surface area (Å²) >= 11 is 0. The molecule has 0 aliphatic rings. The molecule has 5 nitrogen and oxygen atoms in total. The lowest BCUT2D eigenvalue weighted by Gasteiger charge is -2.08. The van der Waals surface area contributed by atoms with Crippen molar-refractivity contribution in [2.24, 2.45) is 0 Å². The molecule has 0 aromatic heterocycles. The van der Waals surface area contributed by atoms with E-state index in [-0.39, 0.29) is 12.4 Å². The molecule has 0 atom stereocenters. The summed E-state index contributed by atoms with van der Waals surface area (Å²) in [6.07, 6.45) is 0. The molecular formula is C13H21NO4S. The number of sulfonamides is 1. The van der Waals surface area contributed by atoms with Crippen LogP contribution in [0.4, 0.5) is 0 Å². The summed E-state index contributed by atoms with van der Waals surface area (Å²) < 4.78 is 35.9. The number of ether oxygens (including phenoxy) is 2. The Morgan fingerprint density at radius 1 is 1.21 bits per heavy atom. The van der Waals surface area contributed by atoms with Gasteiger partial charge in [0.05, 0.1) is 25.6 Å². The van der Waals surface area contributed by atoms with Crippen LogP contribution in [-0.4, -0.2) is 41.1 Å². The number of benzene rings is 1. The summed E-state index contributed by atoms with van der Waals surface area (Å²) in [4.78, 5) is 0. The maximum atomic E-state index is 11.7. The standard InChI is InChI=1S/C13H21NO4S/c1-12-4-3-5-13(10-12)11-14-19(15,16)9-8-18-7-6-17-2/h3-5,10,14H,6-9,11H2,1-2H3. The van der Waals surface area contributed by atoms with Crippen LogP contribution in [0.25, 0.3) is 0 Å². The van der Waals surface area contributed by atoms with Gasteiger partial charge in [0.2, 0.25) is 10.0 Å². The highest BCUT2D eigenvalue weighted by atomic mass is 32.2. The van der Waals surface area contributed by atoms with E-state index in [2.05, 4.69) is 4.72 Å². The third-order valence-corrected chi connectivity index (χ3v) is 3.80. The van der Waals surface area contributed by atoms with Crippen molar-refractivity contribution in [3.8, 4) is 0 Å². The maximum Gasteiger partial charge on any atom is 0.214 e. The fraction of sp³-hybridized carbons (Fsp3) is 0.538. The fourth-order valence-electron chi connectivity index (χ4n) is 1.50. The van der Waals surface area contributed by atoms with E-state index in [1.54, 1.807) is 7.11 Å². The minimum absolute atomic E-state index is 0.0392. The van der Waals surface area contributed by atoms with Crippen molar-refractivity contribution in [3.63, 3.8) is 0 Å². The number of hydrogen-bond acceptors (Lipinski definition) is 4. The molecule has 1 N–H and O–H groups in total. The van der Waals surface area contributed by atoms with Gasteiger partial charge in [-0.3, -0.25) is 0 Å². The highest BCUT2D eigenvalue weighted by Gasteiger charge is 2.09. The van der Waals surface area contributed by atoms with E-state index in [9.17, 15) is 8.42 Å². The van der Waals surface area contributed by atoms with Crippen LogP contribution >= 0.6 is 0 Å². The van der Waals surface area contributed by atoms with Crippen LogP contribution in [0, 0.1) is 6.92 Å². The summed E-state index contributed by atoms with van der Waals surface area (Å²) in [5.41, 5.74) is 2.06. The van der Waals surface area contributed by atoms with Gasteiger partial charge in [-0.2, -0.15) is 0 Å². The first-order valence-electron chi connectivity index (χ1n) is 6.13. The number of nitrogens with one attached hydrogen (secondary N) is 1. The molecule has 0 amide bonds. The first-order valence-corrected chi connectivity index (χ1v) is 7.78. The summed E-state index contributed by atoms with van der Waals surface area (Å²) in [5, 5.41) is 0. The fourth-order valence-corrected chi connectivity index (χ4v) is 2.37. The monoisotopic (exact) mass is 287 g/mol. The van der Waals surface area contributed by atoms with Crippen LogP contribution in [0.15, 0.2) is 24.3 Å². The zero-order valence-electron chi connectivity index (χ0n) is 11.4. The van der Waals surface area contributed by atoms with E-state index in [1.165, 1.54) is 0 Å². The molecule has 0 fully saturated rings. The van der Waals surface area contributed by atoms with Crippen molar-refractivity contribution >= 4 is 10.0 Å².